The number of ether oxygens (including phenoxy) is 1. The van der Waals surface area contributed by atoms with Gasteiger partial charge >= 0.3 is 0 Å². The standard InChI is InChI=1S/C22H21NO3/c24-21(17-9-3-1-4-10-17)15-22(25)23-20-14-8-7-11-18(20)16-26-19-12-5-2-6-13-19/h1-14,21,24H,15-16H2,(H,23,25). The van der Waals surface area contributed by atoms with Crippen LogP contribution in [0.15, 0.2) is 84.9 Å². The van der Waals surface area contributed by atoms with Crippen LogP contribution >= 0.6 is 0 Å². The smallest absolute Gasteiger partial charge is 0.227 e. The molecule has 0 aliphatic carbocycles. The van der Waals surface area contributed by atoms with Crippen LogP contribution in [-0.2, 0) is 11.4 Å². The third kappa shape index (κ3) is 4.94. The van der Waals surface area contributed by atoms with Crippen LogP contribution in [0.5, 0.6) is 5.75 Å². The van der Waals surface area contributed by atoms with E-state index in [9.17, 15) is 9.90 Å². The molecule has 1 unspecified atom stereocenters. The molecule has 4 nitrogen and oxygen atoms in total. The van der Waals surface area contributed by atoms with E-state index in [0.717, 1.165) is 16.9 Å². The van der Waals surface area contributed by atoms with E-state index in [1.54, 1.807) is 12.1 Å². The molecule has 0 saturated heterocycles. The second-order valence-corrected chi connectivity index (χ2v) is 5.94. The zero-order chi connectivity index (χ0) is 18.2. The van der Waals surface area contributed by atoms with Crippen LogP contribution in [0.4, 0.5) is 5.69 Å². The Balaban J connectivity index is 1.61. The number of carbonyl (C=O) groups is 1. The Morgan fingerprint density at radius 2 is 1.50 bits per heavy atom. The average Bonchev–Trinajstić information content (AvgIpc) is 2.68. The summed E-state index contributed by atoms with van der Waals surface area (Å²) in [7, 11) is 0. The summed E-state index contributed by atoms with van der Waals surface area (Å²) in [6.07, 6.45) is -0.832. The Bertz CT molecular complexity index is 834. The summed E-state index contributed by atoms with van der Waals surface area (Å²) in [5.74, 6) is 0.529. The van der Waals surface area contributed by atoms with Gasteiger partial charge in [0, 0.05) is 11.3 Å². The molecule has 0 aromatic heterocycles. The van der Waals surface area contributed by atoms with Gasteiger partial charge in [-0.15, -0.1) is 0 Å². The first-order valence-corrected chi connectivity index (χ1v) is 8.51. The molecule has 3 aromatic carbocycles. The van der Waals surface area contributed by atoms with Crippen molar-refractivity contribution in [3.63, 3.8) is 0 Å². The molecule has 0 spiro atoms. The lowest BCUT2D eigenvalue weighted by atomic mass is 10.1. The molecule has 0 radical (unpaired) electrons. The number of amides is 1. The quantitative estimate of drug-likeness (QED) is 0.669. The minimum absolute atomic E-state index is 0.00209. The van der Waals surface area contributed by atoms with Crippen molar-refractivity contribution in [2.45, 2.75) is 19.1 Å². The van der Waals surface area contributed by atoms with Crippen molar-refractivity contribution in [2.75, 3.05) is 5.32 Å². The monoisotopic (exact) mass is 347 g/mol. The fourth-order valence-corrected chi connectivity index (χ4v) is 2.62. The summed E-state index contributed by atoms with van der Waals surface area (Å²) < 4.78 is 5.76. The lowest BCUT2D eigenvalue weighted by Gasteiger charge is -2.14. The van der Waals surface area contributed by atoms with Crippen molar-refractivity contribution >= 4 is 11.6 Å². The van der Waals surface area contributed by atoms with E-state index in [1.165, 1.54) is 0 Å². The van der Waals surface area contributed by atoms with Gasteiger partial charge in [0.1, 0.15) is 12.4 Å². The first kappa shape index (κ1) is 17.7. The van der Waals surface area contributed by atoms with Gasteiger partial charge in [0.2, 0.25) is 5.91 Å². The Morgan fingerprint density at radius 1 is 0.885 bits per heavy atom. The summed E-state index contributed by atoms with van der Waals surface area (Å²) >= 11 is 0. The van der Waals surface area contributed by atoms with Crippen molar-refractivity contribution in [1.82, 2.24) is 0 Å². The lowest BCUT2D eigenvalue weighted by Crippen LogP contribution is -2.16. The Labute approximate surface area is 153 Å². The molecule has 26 heavy (non-hydrogen) atoms. The number of carbonyl (C=O) groups excluding carboxylic acids is 1. The number of aliphatic hydroxyl groups is 1. The number of nitrogens with one attached hydrogen (secondary N) is 1. The van der Waals surface area contributed by atoms with E-state index in [-0.39, 0.29) is 12.3 Å². The van der Waals surface area contributed by atoms with Gasteiger partial charge in [0.25, 0.3) is 0 Å². The number of anilines is 1. The fourth-order valence-electron chi connectivity index (χ4n) is 2.62. The highest BCUT2D eigenvalue weighted by Crippen LogP contribution is 2.21. The zero-order valence-corrected chi connectivity index (χ0v) is 14.3. The maximum absolute atomic E-state index is 12.3. The van der Waals surface area contributed by atoms with Crippen LogP contribution in [0, 0.1) is 0 Å². The minimum atomic E-state index is -0.830. The summed E-state index contributed by atoms with van der Waals surface area (Å²) in [6, 6.07) is 26.2. The average molecular weight is 347 g/mol. The molecule has 0 heterocycles. The third-order valence-electron chi connectivity index (χ3n) is 3.99. The highest BCUT2D eigenvalue weighted by molar-refractivity contribution is 5.91. The summed E-state index contributed by atoms with van der Waals surface area (Å²) in [4.78, 5) is 12.3. The maximum atomic E-state index is 12.3. The van der Waals surface area contributed by atoms with Crippen molar-refractivity contribution in [3.05, 3.63) is 96.1 Å². The normalized spacial score (nSPS) is 11.6. The molecule has 1 atom stereocenters. The molecule has 132 valence electrons. The molecular formula is C22H21NO3. The molecule has 0 fully saturated rings. The van der Waals surface area contributed by atoms with Crippen molar-refractivity contribution in [3.8, 4) is 5.75 Å². The van der Waals surface area contributed by atoms with Crippen molar-refractivity contribution < 1.29 is 14.6 Å². The van der Waals surface area contributed by atoms with Gasteiger partial charge in [-0.05, 0) is 23.8 Å². The van der Waals surface area contributed by atoms with E-state index >= 15 is 0 Å². The van der Waals surface area contributed by atoms with Crippen LogP contribution in [0.2, 0.25) is 0 Å². The van der Waals surface area contributed by atoms with Gasteiger partial charge in [0.05, 0.1) is 12.5 Å². The topological polar surface area (TPSA) is 58.6 Å². The number of para-hydroxylation sites is 2. The predicted octanol–water partition coefficient (Wildman–Crippen LogP) is 4.33. The van der Waals surface area contributed by atoms with E-state index in [1.807, 2.05) is 72.8 Å². The summed E-state index contributed by atoms with van der Waals surface area (Å²) in [5.41, 5.74) is 2.29. The van der Waals surface area contributed by atoms with Crippen molar-refractivity contribution in [1.29, 1.82) is 0 Å². The van der Waals surface area contributed by atoms with Crippen LogP contribution in [0.3, 0.4) is 0 Å². The molecule has 0 bridgehead atoms. The van der Waals surface area contributed by atoms with Crippen LogP contribution in [0.25, 0.3) is 0 Å². The molecule has 3 aromatic rings. The predicted molar refractivity (Wildman–Crippen MR) is 102 cm³/mol. The van der Waals surface area contributed by atoms with E-state index in [2.05, 4.69) is 5.32 Å². The number of rotatable bonds is 7. The highest BCUT2D eigenvalue weighted by atomic mass is 16.5. The van der Waals surface area contributed by atoms with Gasteiger partial charge < -0.3 is 15.2 Å². The first-order valence-electron chi connectivity index (χ1n) is 8.51. The molecule has 0 aliphatic heterocycles. The van der Waals surface area contributed by atoms with Crippen LogP contribution < -0.4 is 10.1 Å². The van der Waals surface area contributed by atoms with E-state index in [4.69, 9.17) is 4.74 Å². The zero-order valence-electron chi connectivity index (χ0n) is 14.3. The Hall–Kier alpha value is -3.11. The molecule has 2 N–H and O–H groups in total. The fraction of sp³-hybridized carbons (Fsp3) is 0.136. The molecule has 4 heteroatoms. The SMILES string of the molecule is O=C(CC(O)c1ccccc1)Nc1ccccc1COc1ccccc1. The largest absolute Gasteiger partial charge is 0.489 e. The van der Waals surface area contributed by atoms with Gasteiger partial charge in [-0.3, -0.25) is 4.79 Å². The summed E-state index contributed by atoms with van der Waals surface area (Å²) in [6.45, 7) is 0.349. The van der Waals surface area contributed by atoms with Crippen LogP contribution in [-0.4, -0.2) is 11.0 Å². The Morgan fingerprint density at radius 3 is 2.23 bits per heavy atom. The van der Waals surface area contributed by atoms with E-state index in [0.29, 0.717) is 12.3 Å². The van der Waals surface area contributed by atoms with Crippen molar-refractivity contribution in [2.24, 2.45) is 0 Å². The number of aliphatic hydroxyl groups excluding tert-OH is 1. The maximum Gasteiger partial charge on any atom is 0.227 e. The summed E-state index contributed by atoms with van der Waals surface area (Å²) in [5, 5.41) is 13.1. The van der Waals surface area contributed by atoms with Gasteiger partial charge in [0.15, 0.2) is 0 Å². The third-order valence-corrected chi connectivity index (χ3v) is 3.99. The molecule has 3 rings (SSSR count). The van der Waals surface area contributed by atoms with Gasteiger partial charge in [-0.2, -0.15) is 0 Å². The molecule has 0 aliphatic rings. The van der Waals surface area contributed by atoms with Gasteiger partial charge in [-0.1, -0.05) is 66.7 Å². The van der Waals surface area contributed by atoms with E-state index < -0.39 is 6.10 Å². The highest BCUT2D eigenvalue weighted by Gasteiger charge is 2.14. The second kappa shape index (κ2) is 8.83. The Kier molecular flexibility index (Phi) is 6.01. The minimum Gasteiger partial charge on any atom is -0.489 e. The lowest BCUT2D eigenvalue weighted by molar-refractivity contribution is -0.118. The van der Waals surface area contributed by atoms with Gasteiger partial charge in [-0.25, -0.2) is 0 Å². The first-order chi connectivity index (χ1) is 12.7. The molecule has 0 saturated carbocycles. The molecule has 1 amide bonds. The second-order valence-electron chi connectivity index (χ2n) is 5.94. The number of hydrogen-bond acceptors (Lipinski definition) is 3. The molecular weight excluding hydrogens is 326 g/mol. The number of hydrogen-bond donors (Lipinski definition) is 2. The number of benzene rings is 3. The van der Waals surface area contributed by atoms with Crippen LogP contribution in [0.1, 0.15) is 23.7 Å².